The highest BCUT2D eigenvalue weighted by Gasteiger charge is 2.27. The van der Waals surface area contributed by atoms with Crippen LogP contribution in [0.1, 0.15) is 34.9 Å². The van der Waals surface area contributed by atoms with E-state index in [4.69, 9.17) is 0 Å². The van der Waals surface area contributed by atoms with Crippen molar-refractivity contribution in [3.05, 3.63) is 58.1 Å². The Bertz CT molecular complexity index is 632. The van der Waals surface area contributed by atoms with Crippen LogP contribution in [0.2, 0.25) is 0 Å². The number of hydrogen-bond donors (Lipinski definition) is 1. The van der Waals surface area contributed by atoms with Gasteiger partial charge < -0.3 is 9.88 Å². The molecule has 3 rings (SSSR count). The molecule has 1 N–H and O–H groups in total. The molecule has 20 heavy (non-hydrogen) atoms. The molecule has 0 radical (unpaired) electrons. The van der Waals surface area contributed by atoms with E-state index < -0.39 is 0 Å². The molecule has 1 saturated carbocycles. The van der Waals surface area contributed by atoms with Crippen LogP contribution in [0, 0.1) is 5.82 Å². The predicted octanol–water partition coefficient (Wildman–Crippen LogP) is 3.65. The van der Waals surface area contributed by atoms with Crippen LogP contribution in [0.15, 0.2) is 41.0 Å². The van der Waals surface area contributed by atoms with Crippen LogP contribution in [-0.4, -0.2) is 10.5 Å². The Hall–Kier alpha value is -1.62. The smallest absolute Gasteiger partial charge is 0.268 e. The van der Waals surface area contributed by atoms with Gasteiger partial charge in [-0.3, -0.25) is 4.79 Å². The number of carbonyl (C=O) groups is 1. The van der Waals surface area contributed by atoms with E-state index in [0.29, 0.717) is 18.3 Å². The van der Waals surface area contributed by atoms with Crippen LogP contribution in [-0.2, 0) is 6.54 Å². The predicted molar refractivity (Wildman–Crippen MR) is 78.0 cm³/mol. The molecule has 0 spiro atoms. The van der Waals surface area contributed by atoms with Gasteiger partial charge in [-0.1, -0.05) is 12.1 Å². The second-order valence-electron chi connectivity index (χ2n) is 4.99. The number of nitrogens with one attached hydrogen (secondary N) is 1. The molecule has 1 aromatic carbocycles. The summed E-state index contributed by atoms with van der Waals surface area (Å²) in [5, 5.41) is 2.87. The first-order valence-corrected chi connectivity index (χ1v) is 7.33. The summed E-state index contributed by atoms with van der Waals surface area (Å²) >= 11 is 3.41. The maximum Gasteiger partial charge on any atom is 0.268 e. The van der Waals surface area contributed by atoms with Crippen molar-refractivity contribution in [2.75, 3.05) is 0 Å². The van der Waals surface area contributed by atoms with Gasteiger partial charge in [0.15, 0.2) is 0 Å². The summed E-state index contributed by atoms with van der Waals surface area (Å²) in [4.78, 5) is 12.2. The van der Waals surface area contributed by atoms with Crippen LogP contribution >= 0.6 is 15.9 Å². The fourth-order valence-corrected chi connectivity index (χ4v) is 2.60. The van der Waals surface area contributed by atoms with Crippen molar-refractivity contribution in [2.45, 2.75) is 25.4 Å². The van der Waals surface area contributed by atoms with Crippen LogP contribution in [0.25, 0.3) is 0 Å². The molecule has 1 fully saturated rings. The first-order chi connectivity index (χ1) is 9.63. The van der Waals surface area contributed by atoms with Gasteiger partial charge >= 0.3 is 0 Å². The van der Waals surface area contributed by atoms with Crippen molar-refractivity contribution in [2.24, 2.45) is 0 Å². The second-order valence-corrected chi connectivity index (χ2v) is 5.91. The van der Waals surface area contributed by atoms with Crippen LogP contribution in [0.5, 0.6) is 0 Å². The van der Waals surface area contributed by atoms with Gasteiger partial charge in [0.25, 0.3) is 5.91 Å². The van der Waals surface area contributed by atoms with Gasteiger partial charge in [0.2, 0.25) is 0 Å². The fourth-order valence-electron chi connectivity index (χ4n) is 2.16. The number of benzene rings is 1. The highest BCUT2D eigenvalue weighted by atomic mass is 79.9. The normalized spacial score (nSPS) is 14.3. The summed E-state index contributed by atoms with van der Waals surface area (Å²) in [6.07, 6.45) is 4.20. The van der Waals surface area contributed by atoms with Crippen molar-refractivity contribution in [3.8, 4) is 0 Å². The molecule has 0 bridgehead atoms. The van der Waals surface area contributed by atoms with Gasteiger partial charge in [-0.2, -0.15) is 0 Å². The van der Waals surface area contributed by atoms with Gasteiger partial charge in [0.05, 0.1) is 0 Å². The van der Waals surface area contributed by atoms with E-state index in [0.717, 1.165) is 22.9 Å². The molecule has 0 atom stereocenters. The summed E-state index contributed by atoms with van der Waals surface area (Å²) in [7, 11) is 0. The Balaban J connectivity index is 1.68. The molecule has 104 valence electrons. The molecule has 0 unspecified atom stereocenters. The standard InChI is InChI=1S/C15H14BrFN2O/c16-11-7-14(19(9-11)13-5-6-13)15(20)18-8-10-1-3-12(17)4-2-10/h1-4,7,9,13H,5-6,8H2,(H,18,20). The number of amides is 1. The topological polar surface area (TPSA) is 34.0 Å². The Kier molecular flexibility index (Phi) is 3.61. The number of nitrogens with zero attached hydrogens (tertiary/aromatic N) is 1. The molecule has 0 saturated heterocycles. The zero-order valence-electron chi connectivity index (χ0n) is 10.8. The van der Waals surface area contributed by atoms with Crippen molar-refractivity contribution >= 4 is 21.8 Å². The summed E-state index contributed by atoms with van der Waals surface area (Å²) < 4.78 is 15.7. The Morgan fingerprint density at radius 1 is 1.35 bits per heavy atom. The lowest BCUT2D eigenvalue weighted by Gasteiger charge is -2.08. The van der Waals surface area contributed by atoms with E-state index in [9.17, 15) is 9.18 Å². The van der Waals surface area contributed by atoms with Gasteiger partial charge in [0.1, 0.15) is 11.5 Å². The minimum atomic E-state index is -0.272. The number of aromatic nitrogens is 1. The molecular formula is C15H14BrFN2O. The summed E-state index contributed by atoms with van der Waals surface area (Å²) in [6, 6.07) is 8.42. The van der Waals surface area contributed by atoms with E-state index in [1.807, 2.05) is 16.8 Å². The van der Waals surface area contributed by atoms with Crippen molar-refractivity contribution in [1.29, 1.82) is 0 Å². The summed E-state index contributed by atoms with van der Waals surface area (Å²) in [5.74, 6) is -0.376. The quantitative estimate of drug-likeness (QED) is 0.908. The Labute approximate surface area is 124 Å². The largest absolute Gasteiger partial charge is 0.347 e. The molecule has 1 amide bonds. The van der Waals surface area contributed by atoms with Crippen LogP contribution < -0.4 is 5.32 Å². The molecule has 1 aromatic heterocycles. The van der Waals surface area contributed by atoms with E-state index >= 15 is 0 Å². The monoisotopic (exact) mass is 336 g/mol. The maximum absolute atomic E-state index is 12.8. The number of halogens is 2. The third-order valence-corrected chi connectivity index (χ3v) is 3.79. The number of rotatable bonds is 4. The minimum Gasteiger partial charge on any atom is -0.347 e. The first-order valence-electron chi connectivity index (χ1n) is 6.53. The number of hydrogen-bond acceptors (Lipinski definition) is 1. The number of carbonyl (C=O) groups excluding carboxylic acids is 1. The summed E-state index contributed by atoms with van der Waals surface area (Å²) in [6.45, 7) is 0.395. The molecular weight excluding hydrogens is 323 g/mol. The van der Waals surface area contributed by atoms with Crippen molar-refractivity contribution in [3.63, 3.8) is 0 Å². The lowest BCUT2D eigenvalue weighted by Crippen LogP contribution is -2.25. The summed E-state index contributed by atoms with van der Waals surface area (Å²) in [5.41, 5.74) is 1.55. The van der Waals surface area contributed by atoms with Crippen LogP contribution in [0.4, 0.5) is 4.39 Å². The molecule has 2 aromatic rings. The average molecular weight is 337 g/mol. The van der Waals surface area contributed by atoms with Gasteiger partial charge in [-0.05, 0) is 52.5 Å². The van der Waals surface area contributed by atoms with E-state index in [-0.39, 0.29) is 11.7 Å². The lowest BCUT2D eigenvalue weighted by molar-refractivity contribution is 0.0941. The average Bonchev–Trinajstić information content (AvgIpc) is 3.20. The molecule has 0 aliphatic heterocycles. The molecule has 1 aliphatic carbocycles. The van der Waals surface area contributed by atoms with Crippen molar-refractivity contribution in [1.82, 2.24) is 9.88 Å². The highest BCUT2D eigenvalue weighted by Crippen LogP contribution is 2.37. The van der Waals surface area contributed by atoms with E-state index in [1.165, 1.54) is 12.1 Å². The third-order valence-electron chi connectivity index (χ3n) is 3.35. The first kappa shape index (κ1) is 13.4. The lowest BCUT2D eigenvalue weighted by atomic mass is 10.2. The highest BCUT2D eigenvalue weighted by molar-refractivity contribution is 9.10. The molecule has 1 aliphatic rings. The Morgan fingerprint density at radius 3 is 2.70 bits per heavy atom. The van der Waals surface area contributed by atoms with E-state index in [1.54, 1.807) is 12.1 Å². The van der Waals surface area contributed by atoms with Gasteiger partial charge in [-0.15, -0.1) is 0 Å². The zero-order valence-corrected chi connectivity index (χ0v) is 12.4. The minimum absolute atomic E-state index is 0.105. The van der Waals surface area contributed by atoms with E-state index in [2.05, 4.69) is 21.2 Å². The van der Waals surface area contributed by atoms with Crippen LogP contribution in [0.3, 0.4) is 0 Å². The van der Waals surface area contributed by atoms with Gasteiger partial charge in [0, 0.05) is 23.3 Å². The van der Waals surface area contributed by atoms with Gasteiger partial charge in [-0.25, -0.2) is 4.39 Å². The molecule has 1 heterocycles. The molecule has 5 heteroatoms. The third kappa shape index (κ3) is 2.93. The second kappa shape index (κ2) is 5.40. The fraction of sp³-hybridized carbons (Fsp3) is 0.267. The maximum atomic E-state index is 12.8. The SMILES string of the molecule is O=C(NCc1ccc(F)cc1)c1cc(Br)cn1C1CC1. The van der Waals surface area contributed by atoms with Crippen molar-refractivity contribution < 1.29 is 9.18 Å². The zero-order chi connectivity index (χ0) is 14.1. The molecule has 3 nitrogen and oxygen atoms in total. The Morgan fingerprint density at radius 2 is 2.05 bits per heavy atom.